The molecule has 0 aliphatic carbocycles. The maximum atomic E-state index is 11.8. The van der Waals surface area contributed by atoms with Crippen molar-refractivity contribution in [3.05, 3.63) is 0 Å². The van der Waals surface area contributed by atoms with Gasteiger partial charge < -0.3 is 32.3 Å². The highest BCUT2D eigenvalue weighted by Crippen LogP contribution is 1.98. The third kappa shape index (κ3) is 6.11. The molecule has 10 nitrogen and oxygen atoms in total. The molecule has 114 valence electrons. The first-order chi connectivity index (χ1) is 9.18. The molecule has 10 heteroatoms. The Morgan fingerprint density at radius 1 is 1.20 bits per heavy atom. The van der Waals surface area contributed by atoms with E-state index in [1.54, 1.807) is 0 Å². The summed E-state index contributed by atoms with van der Waals surface area (Å²) in [5.41, 5.74) is 9.91. The molecule has 0 aliphatic rings. The predicted octanol–water partition coefficient (Wildman–Crippen LogP) is -3.74. The zero-order valence-electron chi connectivity index (χ0n) is 10.8. The van der Waals surface area contributed by atoms with Crippen LogP contribution in [0.25, 0.3) is 0 Å². The molecule has 0 saturated heterocycles. The van der Waals surface area contributed by atoms with Gasteiger partial charge in [0.2, 0.25) is 17.7 Å². The summed E-state index contributed by atoms with van der Waals surface area (Å²) in [6.45, 7) is 0.824. The lowest BCUT2D eigenvalue weighted by molar-refractivity contribution is -0.144. The summed E-state index contributed by atoms with van der Waals surface area (Å²) >= 11 is 0. The topological polar surface area (TPSA) is 185 Å². The van der Waals surface area contributed by atoms with Crippen LogP contribution in [0, 0.1) is 0 Å². The molecule has 0 saturated carbocycles. The van der Waals surface area contributed by atoms with Gasteiger partial charge in [0.15, 0.2) is 0 Å². The van der Waals surface area contributed by atoms with Crippen LogP contribution in [0.2, 0.25) is 0 Å². The average Bonchev–Trinajstić information content (AvgIpc) is 2.33. The van der Waals surface area contributed by atoms with Gasteiger partial charge >= 0.3 is 5.97 Å². The Kier molecular flexibility index (Phi) is 7.18. The number of amides is 3. The number of carboxylic acids is 1. The lowest BCUT2D eigenvalue weighted by Crippen LogP contribution is -2.57. The van der Waals surface area contributed by atoms with Crippen LogP contribution in [-0.2, 0) is 19.2 Å². The minimum atomic E-state index is -1.55. The Bertz CT molecular complexity index is 397. The van der Waals surface area contributed by atoms with E-state index in [9.17, 15) is 24.3 Å². The zero-order valence-corrected chi connectivity index (χ0v) is 10.8. The third-order valence-electron chi connectivity index (χ3n) is 2.29. The van der Waals surface area contributed by atoms with Crippen molar-refractivity contribution in [3.63, 3.8) is 0 Å². The van der Waals surface area contributed by atoms with Gasteiger partial charge in [0.05, 0.1) is 19.1 Å². The Labute approximate surface area is 114 Å². The van der Waals surface area contributed by atoms with Gasteiger partial charge in [0.1, 0.15) is 12.1 Å². The van der Waals surface area contributed by atoms with Crippen molar-refractivity contribution in [2.24, 2.45) is 11.5 Å². The summed E-state index contributed by atoms with van der Waals surface area (Å²) in [5.74, 6) is -4.05. The van der Waals surface area contributed by atoms with Gasteiger partial charge in [0.25, 0.3) is 0 Å². The zero-order chi connectivity index (χ0) is 15.9. The minimum absolute atomic E-state index is 0.403. The highest BCUT2D eigenvalue weighted by Gasteiger charge is 2.30. The molecule has 0 aromatic rings. The Morgan fingerprint density at radius 2 is 1.75 bits per heavy atom. The molecule has 0 fully saturated rings. The van der Waals surface area contributed by atoms with Gasteiger partial charge in [-0.25, -0.2) is 4.79 Å². The smallest absolute Gasteiger partial charge is 0.326 e. The summed E-state index contributed by atoms with van der Waals surface area (Å²) in [5, 5.41) is 22.4. The monoisotopic (exact) mass is 290 g/mol. The first-order valence-electron chi connectivity index (χ1n) is 5.68. The van der Waals surface area contributed by atoms with Crippen LogP contribution in [-0.4, -0.2) is 58.6 Å². The predicted molar refractivity (Wildman–Crippen MR) is 66.0 cm³/mol. The number of rotatable bonds is 8. The summed E-state index contributed by atoms with van der Waals surface area (Å²) in [7, 11) is 0. The molecule has 0 rings (SSSR count). The number of nitrogens with one attached hydrogen (secondary N) is 2. The van der Waals surface area contributed by atoms with Gasteiger partial charge in [-0.1, -0.05) is 0 Å². The summed E-state index contributed by atoms with van der Waals surface area (Å²) in [4.78, 5) is 44.4. The number of hydrogen-bond donors (Lipinski definition) is 6. The SMILES string of the molecule is CC(O)C(NC(=O)CN)C(=O)NC(CC(N)=O)C(=O)O. The van der Waals surface area contributed by atoms with E-state index >= 15 is 0 Å². The van der Waals surface area contributed by atoms with Crippen molar-refractivity contribution in [1.82, 2.24) is 10.6 Å². The van der Waals surface area contributed by atoms with Crippen molar-refractivity contribution in [1.29, 1.82) is 0 Å². The van der Waals surface area contributed by atoms with Crippen molar-refractivity contribution in [3.8, 4) is 0 Å². The molecular weight excluding hydrogens is 272 g/mol. The van der Waals surface area contributed by atoms with Crippen molar-refractivity contribution in [2.75, 3.05) is 6.54 Å². The van der Waals surface area contributed by atoms with Gasteiger partial charge in [-0.05, 0) is 6.92 Å². The number of hydrogen-bond acceptors (Lipinski definition) is 6. The molecule has 0 aliphatic heterocycles. The lowest BCUT2D eigenvalue weighted by atomic mass is 10.1. The first kappa shape index (κ1) is 17.8. The average molecular weight is 290 g/mol. The quantitative estimate of drug-likeness (QED) is 0.265. The maximum Gasteiger partial charge on any atom is 0.326 e. The Balaban J connectivity index is 4.84. The van der Waals surface area contributed by atoms with E-state index in [1.807, 2.05) is 5.32 Å². The highest BCUT2D eigenvalue weighted by molar-refractivity contribution is 5.92. The maximum absolute atomic E-state index is 11.8. The number of aliphatic carboxylic acids is 1. The molecule has 0 spiro atoms. The van der Waals surface area contributed by atoms with Gasteiger partial charge in [-0.2, -0.15) is 0 Å². The molecule has 20 heavy (non-hydrogen) atoms. The van der Waals surface area contributed by atoms with Crippen LogP contribution < -0.4 is 22.1 Å². The van der Waals surface area contributed by atoms with Crippen molar-refractivity contribution < 1.29 is 29.4 Å². The second-order valence-corrected chi connectivity index (χ2v) is 4.06. The third-order valence-corrected chi connectivity index (χ3v) is 2.29. The summed E-state index contributed by atoms with van der Waals surface area (Å²) < 4.78 is 0. The van der Waals surface area contributed by atoms with Gasteiger partial charge in [-0.3, -0.25) is 14.4 Å². The standard InChI is InChI=1S/C10H18N4O6/c1-4(15)8(14-7(17)3-11)9(18)13-5(10(19)20)2-6(12)16/h4-5,8,15H,2-3,11H2,1H3,(H2,12,16)(H,13,18)(H,14,17)(H,19,20). The molecule has 3 atom stereocenters. The number of carboxylic acid groups (broad SMARTS) is 1. The largest absolute Gasteiger partial charge is 0.480 e. The lowest BCUT2D eigenvalue weighted by Gasteiger charge is -2.22. The van der Waals surface area contributed by atoms with E-state index in [4.69, 9.17) is 16.6 Å². The second kappa shape index (κ2) is 8.07. The van der Waals surface area contributed by atoms with E-state index in [0.717, 1.165) is 0 Å². The number of nitrogens with two attached hydrogens (primary N) is 2. The number of carbonyl (C=O) groups excluding carboxylic acids is 3. The number of primary amides is 1. The fourth-order valence-corrected chi connectivity index (χ4v) is 1.30. The van der Waals surface area contributed by atoms with Gasteiger partial charge in [0, 0.05) is 0 Å². The molecule has 0 heterocycles. The summed E-state index contributed by atoms with van der Waals surface area (Å²) in [6.07, 6.45) is -1.90. The first-order valence-corrected chi connectivity index (χ1v) is 5.68. The van der Waals surface area contributed by atoms with Crippen LogP contribution >= 0.6 is 0 Å². The Morgan fingerprint density at radius 3 is 2.10 bits per heavy atom. The fourth-order valence-electron chi connectivity index (χ4n) is 1.30. The minimum Gasteiger partial charge on any atom is -0.480 e. The molecular formula is C10H18N4O6. The fraction of sp³-hybridized carbons (Fsp3) is 0.600. The summed E-state index contributed by atoms with van der Waals surface area (Å²) in [6, 6.07) is -2.93. The van der Waals surface area contributed by atoms with Crippen molar-refractivity contribution in [2.45, 2.75) is 31.5 Å². The molecule has 0 bridgehead atoms. The van der Waals surface area contributed by atoms with E-state index in [0.29, 0.717) is 0 Å². The van der Waals surface area contributed by atoms with Crippen LogP contribution in [0.1, 0.15) is 13.3 Å². The molecule has 3 unspecified atom stereocenters. The van der Waals surface area contributed by atoms with Crippen LogP contribution in [0.5, 0.6) is 0 Å². The molecule has 3 amide bonds. The van der Waals surface area contributed by atoms with Gasteiger partial charge in [-0.15, -0.1) is 0 Å². The molecule has 8 N–H and O–H groups in total. The van der Waals surface area contributed by atoms with E-state index in [1.165, 1.54) is 6.92 Å². The Hall–Kier alpha value is -2.20. The number of aliphatic hydroxyl groups is 1. The van der Waals surface area contributed by atoms with E-state index in [2.05, 4.69) is 5.32 Å². The van der Waals surface area contributed by atoms with E-state index < -0.39 is 54.8 Å². The second-order valence-electron chi connectivity index (χ2n) is 4.06. The van der Waals surface area contributed by atoms with Crippen LogP contribution in [0.4, 0.5) is 0 Å². The highest BCUT2D eigenvalue weighted by atomic mass is 16.4. The number of carbonyl (C=O) groups is 4. The van der Waals surface area contributed by atoms with E-state index in [-0.39, 0.29) is 0 Å². The van der Waals surface area contributed by atoms with Crippen LogP contribution in [0.15, 0.2) is 0 Å². The molecule has 0 radical (unpaired) electrons. The number of aliphatic hydroxyl groups excluding tert-OH is 1. The van der Waals surface area contributed by atoms with Crippen LogP contribution in [0.3, 0.4) is 0 Å². The van der Waals surface area contributed by atoms with Crippen molar-refractivity contribution >= 4 is 23.7 Å². The molecule has 0 aromatic carbocycles. The molecule has 0 aromatic heterocycles. The normalized spacial score (nSPS) is 14.8.